The van der Waals surface area contributed by atoms with Crippen LogP contribution in [0.3, 0.4) is 0 Å². The Morgan fingerprint density at radius 1 is 1.06 bits per heavy atom. The first-order chi connectivity index (χ1) is 14.9. The molecule has 1 amide bonds. The fourth-order valence-corrected chi connectivity index (χ4v) is 4.76. The van der Waals surface area contributed by atoms with Gasteiger partial charge >= 0.3 is 0 Å². The van der Waals surface area contributed by atoms with Gasteiger partial charge in [0.15, 0.2) is 15.6 Å². The Bertz CT molecular complexity index is 1260. The molecular weight excluding hydrogens is 414 g/mol. The van der Waals surface area contributed by atoms with E-state index in [2.05, 4.69) is 11.0 Å². The van der Waals surface area contributed by atoms with Crippen molar-refractivity contribution in [2.24, 2.45) is 0 Å². The lowest BCUT2D eigenvalue weighted by atomic mass is 10.1. The minimum absolute atomic E-state index is 0.110. The van der Waals surface area contributed by atoms with E-state index in [1.807, 2.05) is 12.1 Å². The van der Waals surface area contributed by atoms with Gasteiger partial charge in [-0.1, -0.05) is 18.2 Å². The van der Waals surface area contributed by atoms with Gasteiger partial charge in [0.2, 0.25) is 0 Å². The molecule has 1 aliphatic rings. The number of hydrogen-bond donors (Lipinski definition) is 0. The van der Waals surface area contributed by atoms with Crippen molar-refractivity contribution in [3.8, 4) is 6.07 Å². The van der Waals surface area contributed by atoms with Crippen LogP contribution in [0, 0.1) is 11.3 Å². The number of anilines is 1. The molecule has 1 fully saturated rings. The number of benzene rings is 2. The molecule has 0 atom stereocenters. The SMILES string of the molecule is CS(=O)(=O)Cc1c(C(=O)N2CCCN(c3ccc(C#N)cc3)CC2)oc2ccccc12. The predicted octanol–water partition coefficient (Wildman–Crippen LogP) is 3.20. The molecule has 2 heterocycles. The van der Waals surface area contributed by atoms with Gasteiger partial charge < -0.3 is 14.2 Å². The number of hydrogen-bond acceptors (Lipinski definition) is 6. The second kappa shape index (κ2) is 8.44. The van der Waals surface area contributed by atoms with Gasteiger partial charge in [-0.25, -0.2) is 8.42 Å². The maximum atomic E-state index is 13.3. The highest BCUT2D eigenvalue weighted by Crippen LogP contribution is 2.29. The zero-order chi connectivity index (χ0) is 22.0. The van der Waals surface area contributed by atoms with Gasteiger partial charge in [0.1, 0.15) is 5.58 Å². The third kappa shape index (κ3) is 4.57. The third-order valence-electron chi connectivity index (χ3n) is 5.44. The molecule has 1 aromatic heterocycles. The number of para-hydroxylation sites is 1. The van der Waals surface area contributed by atoms with Crippen molar-refractivity contribution >= 4 is 32.4 Å². The Hall–Kier alpha value is -3.31. The van der Waals surface area contributed by atoms with Crippen LogP contribution in [0.1, 0.15) is 28.1 Å². The average molecular weight is 438 g/mol. The van der Waals surface area contributed by atoms with E-state index < -0.39 is 9.84 Å². The summed E-state index contributed by atoms with van der Waals surface area (Å²) in [4.78, 5) is 17.3. The summed E-state index contributed by atoms with van der Waals surface area (Å²) < 4.78 is 29.8. The van der Waals surface area contributed by atoms with Crippen LogP contribution in [0.5, 0.6) is 0 Å². The van der Waals surface area contributed by atoms with Crippen molar-refractivity contribution in [1.82, 2.24) is 4.90 Å². The quantitative estimate of drug-likeness (QED) is 0.622. The first-order valence-corrected chi connectivity index (χ1v) is 12.1. The van der Waals surface area contributed by atoms with Crippen LogP contribution in [-0.4, -0.2) is 51.7 Å². The number of rotatable bonds is 4. The van der Waals surface area contributed by atoms with Crippen molar-refractivity contribution in [1.29, 1.82) is 5.26 Å². The second-order valence-corrected chi connectivity index (χ2v) is 9.91. The van der Waals surface area contributed by atoms with Crippen LogP contribution in [0.25, 0.3) is 11.0 Å². The van der Waals surface area contributed by atoms with Gasteiger partial charge in [0.25, 0.3) is 5.91 Å². The molecular formula is C23H23N3O4S. The number of carbonyl (C=O) groups is 1. The lowest BCUT2D eigenvalue weighted by Crippen LogP contribution is -2.35. The van der Waals surface area contributed by atoms with Crippen LogP contribution in [-0.2, 0) is 15.6 Å². The molecule has 31 heavy (non-hydrogen) atoms. The summed E-state index contributed by atoms with van der Waals surface area (Å²) in [6.45, 7) is 2.47. The van der Waals surface area contributed by atoms with Crippen molar-refractivity contribution in [3.63, 3.8) is 0 Å². The molecule has 0 radical (unpaired) electrons. The lowest BCUT2D eigenvalue weighted by molar-refractivity contribution is 0.0736. The number of amides is 1. The molecule has 0 bridgehead atoms. The van der Waals surface area contributed by atoms with E-state index in [9.17, 15) is 13.2 Å². The van der Waals surface area contributed by atoms with E-state index in [0.29, 0.717) is 41.7 Å². The van der Waals surface area contributed by atoms with Gasteiger partial charge in [-0.15, -0.1) is 0 Å². The van der Waals surface area contributed by atoms with Crippen LogP contribution in [0.15, 0.2) is 52.9 Å². The van der Waals surface area contributed by atoms with Crippen molar-refractivity contribution < 1.29 is 17.6 Å². The van der Waals surface area contributed by atoms with Gasteiger partial charge in [-0.2, -0.15) is 5.26 Å². The molecule has 7 nitrogen and oxygen atoms in total. The third-order valence-corrected chi connectivity index (χ3v) is 6.26. The Kier molecular flexibility index (Phi) is 5.70. The number of nitrogens with zero attached hydrogens (tertiary/aromatic N) is 3. The van der Waals surface area contributed by atoms with Gasteiger partial charge in [0, 0.05) is 49.1 Å². The van der Waals surface area contributed by atoms with Crippen LogP contribution >= 0.6 is 0 Å². The average Bonchev–Trinajstić information content (AvgIpc) is 2.94. The summed E-state index contributed by atoms with van der Waals surface area (Å²) in [7, 11) is -3.34. The number of sulfone groups is 1. The van der Waals surface area contributed by atoms with E-state index in [1.54, 1.807) is 41.3 Å². The van der Waals surface area contributed by atoms with Crippen molar-refractivity contribution in [2.45, 2.75) is 12.2 Å². The molecule has 0 saturated carbocycles. The summed E-state index contributed by atoms with van der Waals surface area (Å²) in [5, 5.41) is 9.64. The lowest BCUT2D eigenvalue weighted by Gasteiger charge is -2.23. The molecule has 1 aliphatic heterocycles. The van der Waals surface area contributed by atoms with Gasteiger partial charge in [-0.3, -0.25) is 4.79 Å². The van der Waals surface area contributed by atoms with E-state index in [0.717, 1.165) is 24.9 Å². The summed E-state index contributed by atoms with van der Waals surface area (Å²) >= 11 is 0. The molecule has 0 unspecified atom stereocenters. The van der Waals surface area contributed by atoms with Gasteiger partial charge in [0.05, 0.1) is 17.4 Å². The summed E-state index contributed by atoms with van der Waals surface area (Å²) in [6, 6.07) is 16.7. The largest absolute Gasteiger partial charge is 0.451 e. The number of fused-ring (bicyclic) bond motifs is 1. The Morgan fingerprint density at radius 2 is 1.81 bits per heavy atom. The number of nitriles is 1. The van der Waals surface area contributed by atoms with E-state index in [4.69, 9.17) is 9.68 Å². The zero-order valence-corrected chi connectivity index (χ0v) is 18.1. The van der Waals surface area contributed by atoms with Crippen LogP contribution < -0.4 is 4.90 Å². The predicted molar refractivity (Wildman–Crippen MR) is 119 cm³/mol. The smallest absolute Gasteiger partial charge is 0.289 e. The normalized spacial score (nSPS) is 15.0. The molecule has 3 aromatic rings. The first-order valence-electron chi connectivity index (χ1n) is 10.1. The maximum absolute atomic E-state index is 13.3. The Balaban J connectivity index is 1.58. The second-order valence-electron chi connectivity index (χ2n) is 7.77. The van der Waals surface area contributed by atoms with E-state index in [1.165, 1.54) is 0 Å². The fraction of sp³-hybridized carbons (Fsp3) is 0.304. The number of furan rings is 1. The maximum Gasteiger partial charge on any atom is 0.289 e. The molecule has 0 N–H and O–H groups in total. The summed E-state index contributed by atoms with van der Waals surface area (Å²) in [5.41, 5.74) is 2.56. The van der Waals surface area contributed by atoms with Gasteiger partial charge in [-0.05, 0) is 36.8 Å². The standard InChI is InChI=1S/C23H23N3O4S/c1-31(28,29)16-20-19-5-2-3-6-21(19)30-22(20)23(27)26-12-4-11-25(13-14-26)18-9-7-17(15-24)8-10-18/h2-3,5-10H,4,11-14,16H2,1H3. The summed E-state index contributed by atoms with van der Waals surface area (Å²) in [5.74, 6) is -0.411. The highest BCUT2D eigenvalue weighted by atomic mass is 32.2. The van der Waals surface area contributed by atoms with E-state index >= 15 is 0 Å². The van der Waals surface area contributed by atoms with Crippen molar-refractivity contribution in [3.05, 3.63) is 65.4 Å². The molecule has 4 rings (SSSR count). The topological polar surface area (TPSA) is 94.6 Å². The van der Waals surface area contributed by atoms with Crippen LogP contribution in [0.2, 0.25) is 0 Å². The highest BCUT2D eigenvalue weighted by molar-refractivity contribution is 7.89. The zero-order valence-electron chi connectivity index (χ0n) is 17.2. The molecule has 2 aromatic carbocycles. The minimum atomic E-state index is -3.34. The molecule has 8 heteroatoms. The molecule has 0 spiro atoms. The molecule has 1 saturated heterocycles. The Morgan fingerprint density at radius 3 is 2.52 bits per heavy atom. The monoisotopic (exact) mass is 437 g/mol. The Labute approximate surface area is 181 Å². The minimum Gasteiger partial charge on any atom is -0.451 e. The fourth-order valence-electron chi connectivity index (χ4n) is 3.95. The first kappa shape index (κ1) is 20.9. The highest BCUT2D eigenvalue weighted by Gasteiger charge is 2.28. The van der Waals surface area contributed by atoms with Crippen LogP contribution in [0.4, 0.5) is 5.69 Å². The molecule has 160 valence electrons. The molecule has 0 aliphatic carbocycles. The van der Waals surface area contributed by atoms with E-state index in [-0.39, 0.29) is 17.4 Å². The summed E-state index contributed by atoms with van der Waals surface area (Å²) in [6.07, 6.45) is 1.93. The van der Waals surface area contributed by atoms with Crippen molar-refractivity contribution in [2.75, 3.05) is 37.3 Å². The number of carbonyl (C=O) groups excluding carboxylic acids is 1.